The lowest BCUT2D eigenvalue weighted by Gasteiger charge is -2.41. The maximum atomic E-state index is 15.0. The van der Waals surface area contributed by atoms with E-state index in [4.69, 9.17) is 0 Å². The van der Waals surface area contributed by atoms with Gasteiger partial charge in [0, 0.05) is 59.7 Å². The summed E-state index contributed by atoms with van der Waals surface area (Å²) in [6.07, 6.45) is 8.27. The van der Waals surface area contributed by atoms with Crippen LogP contribution in [0.4, 0.5) is 4.39 Å². The molecular formula is C35H41FN4O4S. The largest absolute Gasteiger partial charge is 0.339 e. The van der Waals surface area contributed by atoms with Crippen molar-refractivity contribution in [1.29, 1.82) is 0 Å². The first-order valence-corrected chi connectivity index (χ1v) is 18.3. The molecule has 1 N–H and O–H groups in total. The van der Waals surface area contributed by atoms with Gasteiger partial charge in [0.2, 0.25) is 15.9 Å². The normalized spacial score (nSPS) is 27.9. The van der Waals surface area contributed by atoms with E-state index in [1.165, 1.54) is 25.0 Å². The number of benzene rings is 2. The van der Waals surface area contributed by atoms with Gasteiger partial charge in [-0.3, -0.25) is 9.59 Å². The number of nitrogens with zero attached hydrogens (tertiary/aromatic N) is 3. The maximum Gasteiger partial charge on any atom is 0.264 e. The van der Waals surface area contributed by atoms with Gasteiger partial charge in [-0.1, -0.05) is 25.3 Å². The van der Waals surface area contributed by atoms with E-state index in [1.807, 2.05) is 12.1 Å². The molecule has 45 heavy (non-hydrogen) atoms. The lowest BCUT2D eigenvalue weighted by atomic mass is 9.81. The number of hydrogen-bond acceptors (Lipinski definition) is 5. The summed E-state index contributed by atoms with van der Waals surface area (Å²) in [6.45, 7) is 3.70. The standard InChI is InChI=1S/C35H41FN4O4S/c1-3-45(43,44)37-33(41)22-9-13-27-30(15-22)39-20-35(34(42)40-24-11-12-25(40)19-38(2)18-24)17-29(35)28-16-23(36)10-14-26(28)32(39)31(27)21-7-5-4-6-8-21/h9-10,13-16,21,24-25,29H,3-8,11-12,17-20H2,1-2H3,(H,37,41)/t24?,25?,29-,35-/m0/s1. The third kappa shape index (κ3) is 4.57. The van der Waals surface area contributed by atoms with Gasteiger partial charge in [0.1, 0.15) is 5.82 Å². The number of amides is 2. The molecule has 10 heteroatoms. The van der Waals surface area contributed by atoms with Crippen LogP contribution in [-0.2, 0) is 21.4 Å². The number of aromatic nitrogens is 1. The predicted molar refractivity (Wildman–Crippen MR) is 171 cm³/mol. The molecule has 238 valence electrons. The number of halogens is 1. The molecule has 3 aliphatic heterocycles. The Morgan fingerprint density at radius 1 is 1.00 bits per heavy atom. The maximum absolute atomic E-state index is 15.0. The first-order valence-electron chi connectivity index (χ1n) is 16.6. The Labute approximate surface area is 264 Å². The first kappa shape index (κ1) is 29.2. The van der Waals surface area contributed by atoms with Crippen LogP contribution >= 0.6 is 0 Å². The lowest BCUT2D eigenvalue weighted by molar-refractivity contribution is -0.143. The lowest BCUT2D eigenvalue weighted by Crippen LogP contribution is -2.57. The fraction of sp³-hybridized carbons (Fsp3) is 0.543. The highest BCUT2D eigenvalue weighted by atomic mass is 32.2. The number of sulfonamides is 1. The Morgan fingerprint density at radius 2 is 1.73 bits per heavy atom. The molecule has 8 rings (SSSR count). The molecule has 1 aromatic heterocycles. The highest BCUT2D eigenvalue weighted by Crippen LogP contribution is 2.66. The summed E-state index contributed by atoms with van der Waals surface area (Å²) in [4.78, 5) is 32.5. The Bertz CT molecular complexity index is 1830. The van der Waals surface area contributed by atoms with Crippen molar-refractivity contribution in [3.05, 3.63) is 58.9 Å². The van der Waals surface area contributed by atoms with Crippen molar-refractivity contribution in [3.63, 3.8) is 0 Å². The van der Waals surface area contributed by atoms with E-state index in [0.717, 1.165) is 79.3 Å². The Kier molecular flexibility index (Phi) is 6.74. The van der Waals surface area contributed by atoms with Crippen molar-refractivity contribution >= 4 is 32.7 Å². The number of carbonyl (C=O) groups excluding carboxylic acids is 2. The molecule has 3 aromatic rings. The van der Waals surface area contributed by atoms with Crippen LogP contribution in [0.1, 0.15) is 91.6 Å². The minimum absolute atomic E-state index is 0.0786. The number of likely N-dealkylation sites (N-methyl/N-ethyl adjacent to an activating group) is 1. The average molecular weight is 633 g/mol. The van der Waals surface area contributed by atoms with Crippen molar-refractivity contribution < 1.29 is 22.4 Å². The number of nitrogens with one attached hydrogen (secondary N) is 1. The minimum Gasteiger partial charge on any atom is -0.339 e. The van der Waals surface area contributed by atoms with Crippen LogP contribution in [0.3, 0.4) is 0 Å². The summed E-state index contributed by atoms with van der Waals surface area (Å²) < 4.78 is 44.0. The quantitative estimate of drug-likeness (QED) is 0.409. The summed E-state index contributed by atoms with van der Waals surface area (Å²) >= 11 is 0. The van der Waals surface area contributed by atoms with Gasteiger partial charge in [0.15, 0.2) is 0 Å². The number of likely N-dealkylation sites (tertiary alicyclic amines) is 1. The molecule has 8 nitrogen and oxygen atoms in total. The molecule has 2 unspecified atom stereocenters. The smallest absolute Gasteiger partial charge is 0.264 e. The van der Waals surface area contributed by atoms with Gasteiger partial charge in [0.25, 0.3) is 5.91 Å². The van der Waals surface area contributed by atoms with Gasteiger partial charge >= 0.3 is 0 Å². The summed E-state index contributed by atoms with van der Waals surface area (Å²) in [5.41, 5.74) is 4.55. The summed E-state index contributed by atoms with van der Waals surface area (Å²) in [5.74, 6) is -0.730. The minimum atomic E-state index is -3.74. The van der Waals surface area contributed by atoms with Gasteiger partial charge in [-0.2, -0.15) is 0 Å². The van der Waals surface area contributed by atoms with Crippen LogP contribution in [0, 0.1) is 11.2 Å². The molecule has 0 radical (unpaired) electrons. The number of fused-ring (bicyclic) bond motifs is 9. The van der Waals surface area contributed by atoms with Gasteiger partial charge in [-0.05, 0) is 93.5 Å². The fourth-order valence-electron chi connectivity index (χ4n) is 9.26. The van der Waals surface area contributed by atoms with Gasteiger partial charge in [-0.25, -0.2) is 17.5 Å². The molecule has 5 aliphatic rings. The zero-order valence-electron chi connectivity index (χ0n) is 26.0. The van der Waals surface area contributed by atoms with Crippen LogP contribution in [0.25, 0.3) is 22.2 Å². The molecule has 4 atom stereocenters. The third-order valence-corrected chi connectivity index (χ3v) is 12.7. The highest BCUT2D eigenvalue weighted by Gasteiger charge is 2.65. The summed E-state index contributed by atoms with van der Waals surface area (Å²) in [5, 5.41) is 1.03. The molecule has 2 bridgehead atoms. The van der Waals surface area contributed by atoms with Crippen molar-refractivity contribution in [2.24, 2.45) is 5.41 Å². The second-order valence-corrected chi connectivity index (χ2v) is 16.2. The molecule has 2 saturated carbocycles. The van der Waals surface area contributed by atoms with E-state index in [9.17, 15) is 18.0 Å². The number of carbonyl (C=O) groups is 2. The predicted octanol–water partition coefficient (Wildman–Crippen LogP) is 5.37. The SMILES string of the molecule is CCS(=O)(=O)NC(=O)c1ccc2c(C3CCCCC3)c3n(c2c1)C[C@@]1(C(=O)N2C4CCC2CN(C)C4)C[C@H]1c1cc(F)ccc1-3. The molecular weight excluding hydrogens is 591 g/mol. The van der Waals surface area contributed by atoms with E-state index in [2.05, 4.69) is 26.1 Å². The van der Waals surface area contributed by atoms with Crippen LogP contribution in [0.15, 0.2) is 36.4 Å². The van der Waals surface area contributed by atoms with E-state index in [-0.39, 0.29) is 41.0 Å². The van der Waals surface area contributed by atoms with Crippen molar-refractivity contribution in [2.75, 3.05) is 25.9 Å². The first-order chi connectivity index (χ1) is 21.6. The molecule has 2 amide bonds. The molecule has 0 spiro atoms. The van der Waals surface area contributed by atoms with Crippen LogP contribution in [0.5, 0.6) is 0 Å². The topological polar surface area (TPSA) is 91.7 Å². The summed E-state index contributed by atoms with van der Waals surface area (Å²) in [7, 11) is -1.61. The van der Waals surface area contributed by atoms with Crippen molar-refractivity contribution in [1.82, 2.24) is 19.1 Å². The zero-order chi connectivity index (χ0) is 31.2. The molecule has 4 fully saturated rings. The number of rotatable bonds is 5. The number of piperazine rings is 1. The second-order valence-electron chi connectivity index (χ2n) is 14.2. The molecule has 2 saturated heterocycles. The average Bonchev–Trinajstić information content (AvgIpc) is 3.61. The molecule has 4 heterocycles. The second kappa shape index (κ2) is 10.4. The Balaban J connectivity index is 1.32. The van der Waals surface area contributed by atoms with Gasteiger partial charge < -0.3 is 14.4 Å². The highest BCUT2D eigenvalue weighted by molar-refractivity contribution is 7.90. The summed E-state index contributed by atoms with van der Waals surface area (Å²) in [6, 6.07) is 10.9. The van der Waals surface area contributed by atoms with E-state index < -0.39 is 21.3 Å². The molecule has 2 aromatic carbocycles. The monoisotopic (exact) mass is 632 g/mol. The van der Waals surface area contributed by atoms with Crippen molar-refractivity contribution in [2.45, 2.75) is 88.8 Å². The Morgan fingerprint density at radius 3 is 2.44 bits per heavy atom. The fourth-order valence-corrected chi connectivity index (χ4v) is 9.81. The molecule has 2 aliphatic carbocycles. The zero-order valence-corrected chi connectivity index (χ0v) is 26.8. The van der Waals surface area contributed by atoms with E-state index >= 15 is 4.39 Å². The van der Waals surface area contributed by atoms with Crippen LogP contribution < -0.4 is 4.72 Å². The van der Waals surface area contributed by atoms with Crippen molar-refractivity contribution in [3.8, 4) is 11.3 Å². The Hall–Kier alpha value is -3.24. The third-order valence-electron chi connectivity index (χ3n) is 11.5. The van der Waals surface area contributed by atoms with Crippen LogP contribution in [0.2, 0.25) is 0 Å². The van der Waals surface area contributed by atoms with E-state index in [0.29, 0.717) is 18.9 Å². The van der Waals surface area contributed by atoms with Crippen LogP contribution in [-0.4, -0.2) is 72.6 Å². The van der Waals surface area contributed by atoms with Gasteiger partial charge in [0.05, 0.1) is 16.9 Å². The van der Waals surface area contributed by atoms with Gasteiger partial charge in [-0.15, -0.1) is 0 Å². The number of hydrogen-bond donors (Lipinski definition) is 1. The van der Waals surface area contributed by atoms with E-state index in [1.54, 1.807) is 18.2 Å².